The summed E-state index contributed by atoms with van der Waals surface area (Å²) in [6.45, 7) is 0. The van der Waals surface area contributed by atoms with E-state index in [9.17, 15) is 4.79 Å². The number of nitrogens with two attached hydrogens (primary N) is 1. The minimum atomic E-state index is 0. The highest BCUT2D eigenvalue weighted by Crippen LogP contribution is 2.39. The number of carbonyl (C=O) groups excluding carboxylic acids is 1. The van der Waals surface area contributed by atoms with Crippen LogP contribution in [-0.4, -0.2) is 37.1 Å². The number of hydrogen-bond acceptors (Lipinski definition) is 4. The average Bonchev–Trinajstić information content (AvgIpc) is 2.48. The normalized spacial score (nSPS) is 28.1. The van der Waals surface area contributed by atoms with Crippen LogP contribution in [0.25, 0.3) is 0 Å². The minimum absolute atomic E-state index is 0. The van der Waals surface area contributed by atoms with Crippen molar-refractivity contribution in [2.75, 3.05) is 19.0 Å². The lowest BCUT2D eigenvalue weighted by molar-refractivity contribution is 0.0756. The molecule has 2 fully saturated rings. The summed E-state index contributed by atoms with van der Waals surface area (Å²) in [5.74, 6) is 1.91. The Morgan fingerprint density at radius 3 is 2.46 bits per heavy atom. The summed E-state index contributed by atoms with van der Waals surface area (Å²) in [5.41, 5.74) is 6.84. The third-order valence-electron chi connectivity index (χ3n) is 5.14. The van der Waals surface area contributed by atoms with Crippen LogP contribution in [-0.2, 0) is 0 Å². The molecule has 1 aromatic heterocycles. The summed E-state index contributed by atoms with van der Waals surface area (Å²) in [5, 5.41) is 3.28. The van der Waals surface area contributed by atoms with Gasteiger partial charge in [0.2, 0.25) is 0 Å². The van der Waals surface area contributed by atoms with Crippen molar-refractivity contribution in [1.82, 2.24) is 10.3 Å². The maximum atomic E-state index is 12.6. The van der Waals surface area contributed by atoms with Crippen LogP contribution >= 0.6 is 24.8 Å². The molecule has 1 aromatic rings. The molecule has 0 saturated heterocycles. The van der Waals surface area contributed by atoms with E-state index in [1.807, 2.05) is 25.1 Å². The fourth-order valence-electron chi connectivity index (χ4n) is 4.06. The quantitative estimate of drug-likeness (QED) is 0.852. The van der Waals surface area contributed by atoms with Crippen molar-refractivity contribution in [2.45, 2.75) is 44.2 Å². The SMILES string of the molecule is CN(C)c1cc(C(=O)NC2C3CCCC2CC(N)C3)ccn1.Cl.Cl. The van der Waals surface area contributed by atoms with E-state index in [-0.39, 0.29) is 36.8 Å². The molecule has 2 unspecified atom stereocenters. The molecule has 2 atom stereocenters. The van der Waals surface area contributed by atoms with E-state index in [1.165, 1.54) is 19.3 Å². The van der Waals surface area contributed by atoms with Gasteiger partial charge in [-0.05, 0) is 49.7 Å². The number of nitrogens with one attached hydrogen (secondary N) is 1. The first-order chi connectivity index (χ1) is 10.5. The van der Waals surface area contributed by atoms with Gasteiger partial charge in [-0.3, -0.25) is 4.79 Å². The largest absolute Gasteiger partial charge is 0.363 e. The standard InChI is InChI=1S/C17H26N4O.2ClH/c1-21(2)15-10-13(6-7-19-15)17(22)20-16-11-4-3-5-12(16)9-14(18)8-11;;/h6-7,10-12,14,16H,3-5,8-9,18H2,1-2H3,(H,20,22);2*1H. The van der Waals surface area contributed by atoms with E-state index in [0.717, 1.165) is 18.7 Å². The summed E-state index contributed by atoms with van der Waals surface area (Å²) >= 11 is 0. The highest BCUT2D eigenvalue weighted by Gasteiger charge is 2.39. The third kappa shape index (κ3) is 4.52. The summed E-state index contributed by atoms with van der Waals surface area (Å²) in [6, 6.07) is 4.23. The van der Waals surface area contributed by atoms with Gasteiger partial charge in [0, 0.05) is 37.9 Å². The molecule has 2 saturated carbocycles. The fraction of sp³-hybridized carbons (Fsp3) is 0.647. The first-order valence-corrected chi connectivity index (χ1v) is 8.24. The Balaban J connectivity index is 0.00000144. The van der Waals surface area contributed by atoms with Crippen LogP contribution in [0.5, 0.6) is 0 Å². The van der Waals surface area contributed by atoms with Gasteiger partial charge in [-0.25, -0.2) is 4.98 Å². The second-order valence-corrected chi connectivity index (χ2v) is 6.98. The number of fused-ring (bicyclic) bond motifs is 2. The van der Waals surface area contributed by atoms with Gasteiger partial charge < -0.3 is 16.0 Å². The van der Waals surface area contributed by atoms with Crippen LogP contribution in [0, 0.1) is 11.8 Å². The van der Waals surface area contributed by atoms with Crippen LogP contribution in [0.3, 0.4) is 0 Å². The van der Waals surface area contributed by atoms with E-state index in [4.69, 9.17) is 5.73 Å². The molecule has 2 aliphatic carbocycles. The molecular weight excluding hydrogens is 347 g/mol. The molecular formula is C17H28Cl2N4O. The highest BCUT2D eigenvalue weighted by molar-refractivity contribution is 5.95. The second-order valence-electron chi connectivity index (χ2n) is 6.98. The summed E-state index contributed by atoms with van der Waals surface area (Å²) in [4.78, 5) is 18.8. The van der Waals surface area contributed by atoms with Crippen molar-refractivity contribution in [3.8, 4) is 0 Å². The number of halogens is 2. The van der Waals surface area contributed by atoms with Crippen LogP contribution in [0.4, 0.5) is 5.82 Å². The molecule has 136 valence electrons. The molecule has 0 aliphatic heterocycles. The number of anilines is 1. The van der Waals surface area contributed by atoms with Gasteiger partial charge in [-0.2, -0.15) is 0 Å². The minimum Gasteiger partial charge on any atom is -0.363 e. The van der Waals surface area contributed by atoms with Crippen molar-refractivity contribution in [1.29, 1.82) is 0 Å². The molecule has 3 N–H and O–H groups in total. The number of aromatic nitrogens is 1. The van der Waals surface area contributed by atoms with Gasteiger partial charge in [-0.1, -0.05) is 6.42 Å². The first kappa shape index (κ1) is 21.0. The Morgan fingerprint density at radius 1 is 1.25 bits per heavy atom. The van der Waals surface area contributed by atoms with Gasteiger partial charge in [0.15, 0.2) is 0 Å². The van der Waals surface area contributed by atoms with Crippen molar-refractivity contribution < 1.29 is 4.79 Å². The number of rotatable bonds is 3. The van der Waals surface area contributed by atoms with E-state index in [0.29, 0.717) is 23.4 Å². The van der Waals surface area contributed by atoms with Gasteiger partial charge >= 0.3 is 0 Å². The Hall–Kier alpha value is -1.04. The predicted octanol–water partition coefficient (Wildman–Crippen LogP) is 2.63. The zero-order valence-corrected chi connectivity index (χ0v) is 15.9. The van der Waals surface area contributed by atoms with E-state index >= 15 is 0 Å². The van der Waals surface area contributed by atoms with Crippen molar-refractivity contribution in [3.05, 3.63) is 23.9 Å². The first-order valence-electron chi connectivity index (χ1n) is 8.24. The van der Waals surface area contributed by atoms with Gasteiger partial charge in [-0.15, -0.1) is 24.8 Å². The lowest BCUT2D eigenvalue weighted by atomic mass is 9.67. The fourth-order valence-corrected chi connectivity index (χ4v) is 4.06. The zero-order valence-electron chi connectivity index (χ0n) is 14.3. The zero-order chi connectivity index (χ0) is 15.7. The molecule has 0 spiro atoms. The van der Waals surface area contributed by atoms with Crippen molar-refractivity contribution >= 4 is 36.5 Å². The van der Waals surface area contributed by atoms with Crippen LogP contribution in [0.1, 0.15) is 42.5 Å². The molecule has 2 bridgehead atoms. The molecule has 1 amide bonds. The third-order valence-corrected chi connectivity index (χ3v) is 5.14. The Bertz CT molecular complexity index is 541. The molecule has 1 heterocycles. The van der Waals surface area contributed by atoms with Gasteiger partial charge in [0.05, 0.1) is 0 Å². The molecule has 0 radical (unpaired) electrons. The number of amides is 1. The maximum Gasteiger partial charge on any atom is 0.251 e. The Labute approximate surface area is 156 Å². The summed E-state index contributed by atoms with van der Waals surface area (Å²) < 4.78 is 0. The monoisotopic (exact) mass is 374 g/mol. The Kier molecular flexibility index (Phi) is 7.77. The molecule has 24 heavy (non-hydrogen) atoms. The van der Waals surface area contributed by atoms with Crippen LogP contribution in [0.15, 0.2) is 18.3 Å². The molecule has 2 aliphatic rings. The average molecular weight is 375 g/mol. The Morgan fingerprint density at radius 2 is 1.88 bits per heavy atom. The summed E-state index contributed by atoms with van der Waals surface area (Å²) in [7, 11) is 3.86. The smallest absolute Gasteiger partial charge is 0.251 e. The number of nitrogens with zero attached hydrogens (tertiary/aromatic N) is 2. The maximum absolute atomic E-state index is 12.6. The second kappa shape index (κ2) is 8.88. The van der Waals surface area contributed by atoms with Crippen LogP contribution in [0.2, 0.25) is 0 Å². The van der Waals surface area contributed by atoms with E-state index in [2.05, 4.69) is 10.3 Å². The molecule has 3 rings (SSSR count). The van der Waals surface area contributed by atoms with Crippen molar-refractivity contribution in [2.24, 2.45) is 17.6 Å². The van der Waals surface area contributed by atoms with Crippen LogP contribution < -0.4 is 16.0 Å². The highest BCUT2D eigenvalue weighted by atomic mass is 35.5. The lowest BCUT2D eigenvalue weighted by Gasteiger charge is -2.45. The lowest BCUT2D eigenvalue weighted by Crippen LogP contribution is -2.53. The van der Waals surface area contributed by atoms with E-state index in [1.54, 1.807) is 12.3 Å². The molecule has 0 aromatic carbocycles. The topological polar surface area (TPSA) is 71.2 Å². The van der Waals surface area contributed by atoms with Crippen molar-refractivity contribution in [3.63, 3.8) is 0 Å². The number of pyridine rings is 1. The van der Waals surface area contributed by atoms with Gasteiger partial charge in [0.25, 0.3) is 5.91 Å². The summed E-state index contributed by atoms with van der Waals surface area (Å²) in [6.07, 6.45) is 7.43. The predicted molar refractivity (Wildman–Crippen MR) is 102 cm³/mol. The van der Waals surface area contributed by atoms with Gasteiger partial charge in [0.1, 0.15) is 5.82 Å². The number of carbonyl (C=O) groups is 1. The number of hydrogen-bond donors (Lipinski definition) is 2. The molecule has 7 heteroatoms. The molecule has 5 nitrogen and oxygen atoms in total. The van der Waals surface area contributed by atoms with E-state index < -0.39 is 0 Å².